The Hall–Kier alpha value is -0.840. The summed E-state index contributed by atoms with van der Waals surface area (Å²) in [6, 6.07) is 0. The Morgan fingerprint density at radius 2 is 2.11 bits per heavy atom. The first-order valence-electron chi connectivity index (χ1n) is 7.07. The van der Waals surface area contributed by atoms with Crippen LogP contribution < -0.4 is 0 Å². The van der Waals surface area contributed by atoms with E-state index in [-0.39, 0.29) is 0 Å². The zero-order valence-electron chi connectivity index (χ0n) is 10.9. The van der Waals surface area contributed by atoms with Crippen LogP contribution in [0.2, 0.25) is 0 Å². The maximum Gasteiger partial charge on any atom is 0.212 e. The molecule has 0 amide bonds. The van der Waals surface area contributed by atoms with E-state index in [4.69, 9.17) is 5.10 Å². The molecule has 1 aliphatic carbocycles. The highest BCUT2D eigenvalue weighted by Crippen LogP contribution is 2.34. The van der Waals surface area contributed by atoms with Gasteiger partial charge in [0.05, 0.1) is 11.0 Å². The van der Waals surface area contributed by atoms with Crippen molar-refractivity contribution >= 4 is 17.5 Å². The van der Waals surface area contributed by atoms with Gasteiger partial charge in [-0.1, -0.05) is 37.9 Å². The quantitative estimate of drug-likeness (QED) is 0.823. The second-order valence-corrected chi connectivity index (χ2v) is 6.28. The Bertz CT molecular complexity index is 452. The summed E-state index contributed by atoms with van der Waals surface area (Å²) in [5.74, 6) is 1.02. The van der Waals surface area contributed by atoms with E-state index in [2.05, 4.69) is 17.1 Å². The maximum absolute atomic E-state index is 4.84. The largest absolute Gasteiger partial charge is 0.212 e. The van der Waals surface area contributed by atoms with Crippen LogP contribution in [0, 0.1) is 0 Å². The van der Waals surface area contributed by atoms with Gasteiger partial charge in [0.25, 0.3) is 0 Å². The fourth-order valence-electron chi connectivity index (χ4n) is 2.66. The molecule has 2 aliphatic rings. The Balaban J connectivity index is 1.89. The molecule has 0 N–H and O–H groups in total. The minimum atomic E-state index is 0.552. The van der Waals surface area contributed by atoms with Crippen molar-refractivity contribution in [2.45, 2.75) is 68.7 Å². The topological polar surface area (TPSA) is 43.1 Å². The first kappa shape index (κ1) is 12.2. The Kier molecular flexibility index (Phi) is 3.68. The molecule has 2 heterocycles. The second kappa shape index (κ2) is 5.43. The lowest BCUT2D eigenvalue weighted by Gasteiger charge is -2.24. The third-order valence-electron chi connectivity index (χ3n) is 3.65. The van der Waals surface area contributed by atoms with Crippen molar-refractivity contribution in [1.29, 1.82) is 0 Å². The molecule has 1 atom stereocenters. The van der Waals surface area contributed by atoms with Gasteiger partial charge in [-0.3, -0.25) is 0 Å². The summed E-state index contributed by atoms with van der Waals surface area (Å²) < 4.78 is 1.99. The van der Waals surface area contributed by atoms with Gasteiger partial charge in [-0.2, -0.15) is 9.78 Å². The zero-order valence-corrected chi connectivity index (χ0v) is 11.7. The number of thioether (sulfide) groups is 1. The minimum absolute atomic E-state index is 0.552. The molecule has 0 radical (unpaired) electrons. The summed E-state index contributed by atoms with van der Waals surface area (Å²) in [6.45, 7) is 2.17. The Morgan fingerprint density at radius 1 is 1.22 bits per heavy atom. The molecule has 18 heavy (non-hydrogen) atoms. The van der Waals surface area contributed by atoms with Crippen LogP contribution in [-0.4, -0.2) is 25.8 Å². The zero-order chi connectivity index (χ0) is 12.4. The van der Waals surface area contributed by atoms with Crippen LogP contribution in [0.25, 0.3) is 0 Å². The number of hydrogen-bond donors (Lipinski definition) is 0. The van der Waals surface area contributed by atoms with Gasteiger partial charge in [0.15, 0.2) is 5.82 Å². The first-order valence-corrected chi connectivity index (χ1v) is 7.95. The van der Waals surface area contributed by atoms with Crippen LogP contribution in [0.4, 0.5) is 0 Å². The number of hydrogen-bond acceptors (Lipinski definition) is 4. The van der Waals surface area contributed by atoms with Crippen LogP contribution in [0.1, 0.15) is 57.7 Å². The maximum atomic E-state index is 4.84. The normalized spacial score (nSPS) is 23.6. The molecule has 1 aliphatic heterocycles. The van der Waals surface area contributed by atoms with Crippen molar-refractivity contribution in [3.8, 4) is 0 Å². The fourth-order valence-corrected chi connectivity index (χ4v) is 3.84. The molecule has 0 spiro atoms. The summed E-state index contributed by atoms with van der Waals surface area (Å²) in [7, 11) is 0. The Labute approximate surface area is 112 Å². The molecule has 0 bridgehead atoms. The number of rotatable bonds is 2. The van der Waals surface area contributed by atoms with E-state index in [1.807, 2.05) is 16.4 Å². The third-order valence-corrected chi connectivity index (χ3v) is 4.90. The molecule has 1 aromatic heterocycles. The van der Waals surface area contributed by atoms with Crippen molar-refractivity contribution in [3.63, 3.8) is 0 Å². The fraction of sp³-hybridized carbons (Fsp3) is 0.769. The van der Waals surface area contributed by atoms with E-state index >= 15 is 0 Å². The lowest BCUT2D eigenvalue weighted by molar-refractivity contribution is 0.594. The molecule has 1 fully saturated rings. The van der Waals surface area contributed by atoms with Crippen molar-refractivity contribution in [2.24, 2.45) is 5.10 Å². The summed E-state index contributed by atoms with van der Waals surface area (Å²) in [6.07, 6.45) is 9.81. The smallest absolute Gasteiger partial charge is 0.191 e. The number of fused-ring (bicyclic) bond motifs is 2. The van der Waals surface area contributed by atoms with Crippen molar-refractivity contribution < 1.29 is 0 Å². The van der Waals surface area contributed by atoms with Gasteiger partial charge >= 0.3 is 0 Å². The van der Waals surface area contributed by atoms with Crippen molar-refractivity contribution in [1.82, 2.24) is 14.9 Å². The van der Waals surface area contributed by atoms with E-state index in [1.54, 1.807) is 0 Å². The summed E-state index contributed by atoms with van der Waals surface area (Å²) >= 11 is 1.87. The molecule has 4 nitrogen and oxygen atoms in total. The number of aryl methyl sites for hydroxylation is 1. The molecule has 0 aromatic carbocycles. The van der Waals surface area contributed by atoms with E-state index < -0.39 is 0 Å². The molecule has 98 valence electrons. The van der Waals surface area contributed by atoms with Gasteiger partial charge < -0.3 is 0 Å². The van der Waals surface area contributed by atoms with Gasteiger partial charge in [0.1, 0.15) is 0 Å². The average Bonchev–Trinajstić information content (AvgIpc) is 2.72. The van der Waals surface area contributed by atoms with Gasteiger partial charge in [-0.05, 0) is 25.7 Å². The highest BCUT2D eigenvalue weighted by molar-refractivity contribution is 8.00. The molecule has 3 rings (SSSR count). The van der Waals surface area contributed by atoms with E-state index in [0.29, 0.717) is 5.25 Å². The predicted octanol–water partition coefficient (Wildman–Crippen LogP) is 3.26. The number of nitrogens with zero attached hydrogens (tertiary/aromatic N) is 4. The van der Waals surface area contributed by atoms with Gasteiger partial charge in [0.2, 0.25) is 5.16 Å². The predicted molar refractivity (Wildman–Crippen MR) is 74.2 cm³/mol. The third kappa shape index (κ3) is 2.32. The average molecular weight is 264 g/mol. The lowest BCUT2D eigenvalue weighted by atomic mass is 9.99. The standard InChI is InChI=1S/C13H20N4S/c1-2-7-12-14-15-13-17(12)16-10-8-5-3-4-6-9-11(10)18-13/h11H,2-9H2,1H3. The van der Waals surface area contributed by atoms with Crippen LogP contribution >= 0.6 is 11.8 Å². The van der Waals surface area contributed by atoms with E-state index in [1.165, 1.54) is 37.8 Å². The lowest BCUT2D eigenvalue weighted by Crippen LogP contribution is -2.25. The summed E-state index contributed by atoms with van der Waals surface area (Å²) in [5, 5.41) is 14.9. The van der Waals surface area contributed by atoms with Crippen molar-refractivity contribution in [2.75, 3.05) is 0 Å². The monoisotopic (exact) mass is 264 g/mol. The highest BCUT2D eigenvalue weighted by atomic mass is 32.2. The van der Waals surface area contributed by atoms with Crippen LogP contribution in [0.3, 0.4) is 0 Å². The molecule has 0 saturated heterocycles. The van der Waals surface area contributed by atoms with Crippen molar-refractivity contribution in [3.05, 3.63) is 5.82 Å². The molecule has 1 aromatic rings. The molecular weight excluding hydrogens is 244 g/mol. The highest BCUT2D eigenvalue weighted by Gasteiger charge is 2.27. The van der Waals surface area contributed by atoms with Gasteiger partial charge in [0, 0.05) is 6.42 Å². The van der Waals surface area contributed by atoms with Gasteiger partial charge in [-0.15, -0.1) is 10.2 Å². The molecular formula is C13H20N4S. The van der Waals surface area contributed by atoms with Crippen LogP contribution in [0.15, 0.2) is 10.3 Å². The second-order valence-electron chi connectivity index (χ2n) is 5.11. The first-order chi connectivity index (χ1) is 8.88. The molecule has 1 saturated carbocycles. The summed E-state index contributed by atoms with van der Waals surface area (Å²) in [4.78, 5) is 0. The molecule has 1 unspecified atom stereocenters. The van der Waals surface area contributed by atoms with Gasteiger partial charge in [-0.25, -0.2) is 0 Å². The molecule has 5 heteroatoms. The Morgan fingerprint density at radius 3 is 3.00 bits per heavy atom. The van der Waals surface area contributed by atoms with E-state index in [0.717, 1.165) is 30.2 Å². The SMILES string of the molecule is CCCc1nnc2n1N=C1CCCCCCC1S2. The summed E-state index contributed by atoms with van der Waals surface area (Å²) in [5.41, 5.74) is 1.37. The van der Waals surface area contributed by atoms with Crippen LogP contribution in [0.5, 0.6) is 0 Å². The minimum Gasteiger partial charge on any atom is -0.191 e. The van der Waals surface area contributed by atoms with E-state index in [9.17, 15) is 0 Å². The van der Waals surface area contributed by atoms with Crippen LogP contribution in [-0.2, 0) is 6.42 Å². The number of aromatic nitrogens is 3.